The maximum atomic E-state index is 11.9. The first kappa shape index (κ1) is 16.1. The van der Waals surface area contributed by atoms with Crippen molar-refractivity contribution in [2.24, 2.45) is 0 Å². The largest absolute Gasteiger partial charge is 0.469 e. The predicted octanol–water partition coefficient (Wildman–Crippen LogP) is 3.29. The lowest BCUT2D eigenvalue weighted by molar-refractivity contribution is -0.119. The molecule has 24 heavy (non-hydrogen) atoms. The molecule has 1 aromatic heterocycles. The van der Waals surface area contributed by atoms with Gasteiger partial charge in [-0.2, -0.15) is 0 Å². The number of carbonyl (C=O) groups excluding carboxylic acids is 2. The van der Waals surface area contributed by atoms with Crippen molar-refractivity contribution in [3.05, 3.63) is 66.1 Å². The lowest BCUT2D eigenvalue weighted by atomic mass is 10.1. The second-order valence-electron chi connectivity index (χ2n) is 5.19. The van der Waals surface area contributed by atoms with Crippen molar-refractivity contribution in [3.63, 3.8) is 0 Å². The van der Waals surface area contributed by atoms with Crippen molar-refractivity contribution < 1.29 is 14.0 Å². The van der Waals surface area contributed by atoms with E-state index in [0.717, 1.165) is 15.7 Å². The molecule has 0 aliphatic heterocycles. The molecule has 0 saturated heterocycles. The van der Waals surface area contributed by atoms with E-state index in [1.165, 1.54) is 18.0 Å². The van der Waals surface area contributed by atoms with Crippen LogP contribution < -0.4 is 10.9 Å². The summed E-state index contributed by atoms with van der Waals surface area (Å²) in [5.41, 5.74) is 5.18. The van der Waals surface area contributed by atoms with Crippen LogP contribution in [0.3, 0.4) is 0 Å². The Morgan fingerprint density at radius 2 is 1.83 bits per heavy atom. The number of rotatable bonds is 4. The highest BCUT2D eigenvalue weighted by atomic mass is 32.2. The first-order valence-corrected chi connectivity index (χ1v) is 8.37. The maximum absolute atomic E-state index is 11.9. The molecule has 0 unspecified atom stereocenters. The fraction of sp³-hybridized carbons (Fsp3) is 0.111. The summed E-state index contributed by atoms with van der Waals surface area (Å²) in [4.78, 5) is 24.7. The molecule has 0 bridgehead atoms. The van der Waals surface area contributed by atoms with Crippen molar-refractivity contribution >= 4 is 34.3 Å². The molecule has 5 nitrogen and oxygen atoms in total. The molecule has 0 radical (unpaired) electrons. The molecule has 0 atom stereocenters. The number of fused-ring (bicyclic) bond motifs is 1. The number of nitrogens with one attached hydrogen (secondary N) is 2. The number of carbonyl (C=O) groups is 2. The molecule has 1 heterocycles. The number of amides is 2. The minimum Gasteiger partial charge on any atom is -0.469 e. The molecular weight excluding hydrogens is 324 g/mol. The highest BCUT2D eigenvalue weighted by Gasteiger charge is 2.12. The van der Waals surface area contributed by atoms with E-state index in [1.807, 2.05) is 42.5 Å². The van der Waals surface area contributed by atoms with Crippen LogP contribution in [0, 0.1) is 6.92 Å². The summed E-state index contributed by atoms with van der Waals surface area (Å²) in [6, 6.07) is 15.7. The molecule has 2 aromatic carbocycles. The van der Waals surface area contributed by atoms with Gasteiger partial charge >= 0.3 is 0 Å². The number of hydrazine groups is 1. The standard InChI is InChI=1S/C18H16N2O3S/c1-12-16(8-9-23-12)18(22)20-19-17(21)11-24-15-7-6-13-4-2-3-5-14(13)10-15/h2-10H,11H2,1H3,(H,19,21)(H,20,22). The molecule has 0 fully saturated rings. The van der Waals surface area contributed by atoms with Crippen molar-refractivity contribution in [1.82, 2.24) is 10.9 Å². The third-order valence-corrected chi connectivity index (χ3v) is 4.50. The molecule has 2 amide bonds. The Hall–Kier alpha value is -2.73. The van der Waals surface area contributed by atoms with Gasteiger partial charge in [0.25, 0.3) is 5.91 Å². The number of hydrogen-bond acceptors (Lipinski definition) is 4. The second kappa shape index (κ2) is 7.23. The maximum Gasteiger partial charge on any atom is 0.273 e. The van der Waals surface area contributed by atoms with Gasteiger partial charge in [0.15, 0.2) is 0 Å². The smallest absolute Gasteiger partial charge is 0.273 e. The molecule has 122 valence electrons. The molecule has 0 saturated carbocycles. The van der Waals surface area contributed by atoms with Crippen LogP contribution in [0.5, 0.6) is 0 Å². The van der Waals surface area contributed by atoms with Crippen LogP contribution in [-0.4, -0.2) is 17.6 Å². The van der Waals surface area contributed by atoms with Crippen LogP contribution in [0.1, 0.15) is 16.1 Å². The van der Waals surface area contributed by atoms with Gasteiger partial charge in [-0.05, 0) is 35.9 Å². The number of benzene rings is 2. The van der Waals surface area contributed by atoms with Gasteiger partial charge in [-0.3, -0.25) is 20.4 Å². The quantitative estimate of drug-likeness (QED) is 0.565. The molecule has 0 aliphatic carbocycles. The average Bonchev–Trinajstić information content (AvgIpc) is 3.03. The van der Waals surface area contributed by atoms with Crippen LogP contribution in [0.15, 0.2) is 64.1 Å². The number of thioether (sulfide) groups is 1. The Morgan fingerprint density at radius 3 is 2.58 bits per heavy atom. The first-order valence-electron chi connectivity index (χ1n) is 7.38. The van der Waals surface area contributed by atoms with E-state index in [2.05, 4.69) is 10.9 Å². The topological polar surface area (TPSA) is 71.3 Å². The minimum atomic E-state index is -0.398. The Labute approximate surface area is 143 Å². The molecule has 3 aromatic rings. The summed E-state index contributed by atoms with van der Waals surface area (Å²) < 4.78 is 5.06. The van der Waals surface area contributed by atoms with E-state index >= 15 is 0 Å². The van der Waals surface area contributed by atoms with Crippen LogP contribution in [-0.2, 0) is 4.79 Å². The normalized spacial score (nSPS) is 10.5. The van der Waals surface area contributed by atoms with E-state index in [0.29, 0.717) is 11.3 Å². The SMILES string of the molecule is Cc1occc1C(=O)NNC(=O)CSc1ccc2ccccc2c1. The van der Waals surface area contributed by atoms with Crippen LogP contribution >= 0.6 is 11.8 Å². The number of aryl methyl sites for hydroxylation is 1. The third kappa shape index (κ3) is 3.78. The van der Waals surface area contributed by atoms with Crippen LogP contribution in [0.25, 0.3) is 10.8 Å². The van der Waals surface area contributed by atoms with Gasteiger partial charge in [0.2, 0.25) is 5.91 Å². The van der Waals surface area contributed by atoms with Crippen LogP contribution in [0.4, 0.5) is 0 Å². The van der Waals surface area contributed by atoms with Crippen molar-refractivity contribution in [1.29, 1.82) is 0 Å². The van der Waals surface area contributed by atoms with Crippen molar-refractivity contribution in [2.45, 2.75) is 11.8 Å². The average molecular weight is 340 g/mol. The summed E-state index contributed by atoms with van der Waals surface area (Å²) in [5.74, 6) is 0.0449. The van der Waals surface area contributed by atoms with Gasteiger partial charge in [0, 0.05) is 4.90 Å². The van der Waals surface area contributed by atoms with Gasteiger partial charge in [0.1, 0.15) is 5.76 Å². The monoisotopic (exact) mass is 340 g/mol. The molecule has 3 rings (SSSR count). The fourth-order valence-electron chi connectivity index (χ4n) is 2.26. The fourth-order valence-corrected chi connectivity index (χ4v) is 3.00. The Kier molecular flexibility index (Phi) is 4.86. The van der Waals surface area contributed by atoms with E-state index in [9.17, 15) is 9.59 Å². The van der Waals surface area contributed by atoms with Gasteiger partial charge in [-0.1, -0.05) is 30.3 Å². The highest BCUT2D eigenvalue weighted by Crippen LogP contribution is 2.23. The lowest BCUT2D eigenvalue weighted by Crippen LogP contribution is -2.42. The van der Waals surface area contributed by atoms with Gasteiger partial charge < -0.3 is 4.42 Å². The first-order chi connectivity index (χ1) is 11.6. The van der Waals surface area contributed by atoms with Gasteiger partial charge in [0.05, 0.1) is 17.6 Å². The highest BCUT2D eigenvalue weighted by molar-refractivity contribution is 8.00. The van der Waals surface area contributed by atoms with Crippen LogP contribution in [0.2, 0.25) is 0 Å². The minimum absolute atomic E-state index is 0.211. The molecule has 6 heteroatoms. The Morgan fingerprint density at radius 1 is 1.04 bits per heavy atom. The zero-order valence-corrected chi connectivity index (χ0v) is 13.9. The Bertz CT molecular complexity index is 889. The molecule has 0 spiro atoms. The van der Waals surface area contributed by atoms with Crippen molar-refractivity contribution in [3.8, 4) is 0 Å². The second-order valence-corrected chi connectivity index (χ2v) is 6.24. The third-order valence-electron chi connectivity index (χ3n) is 3.51. The van der Waals surface area contributed by atoms with E-state index in [4.69, 9.17) is 4.42 Å². The number of furan rings is 1. The van der Waals surface area contributed by atoms with E-state index in [-0.39, 0.29) is 11.7 Å². The summed E-state index contributed by atoms with van der Waals surface area (Å²) in [7, 11) is 0. The molecular formula is C18H16N2O3S. The summed E-state index contributed by atoms with van der Waals surface area (Å²) >= 11 is 1.41. The molecule has 2 N–H and O–H groups in total. The predicted molar refractivity (Wildman–Crippen MR) is 93.7 cm³/mol. The summed E-state index contributed by atoms with van der Waals surface area (Å²) in [5, 5.41) is 2.29. The summed E-state index contributed by atoms with van der Waals surface area (Å²) in [6.07, 6.45) is 1.43. The zero-order valence-electron chi connectivity index (χ0n) is 13.0. The number of hydrogen-bond donors (Lipinski definition) is 2. The van der Waals surface area contributed by atoms with Crippen molar-refractivity contribution in [2.75, 3.05) is 5.75 Å². The zero-order chi connectivity index (χ0) is 16.9. The van der Waals surface area contributed by atoms with Gasteiger partial charge in [-0.25, -0.2) is 0 Å². The lowest BCUT2D eigenvalue weighted by Gasteiger charge is -2.07. The van der Waals surface area contributed by atoms with E-state index in [1.54, 1.807) is 13.0 Å². The summed E-state index contributed by atoms with van der Waals surface area (Å²) in [6.45, 7) is 1.69. The van der Waals surface area contributed by atoms with E-state index < -0.39 is 5.91 Å². The Balaban J connectivity index is 1.51. The van der Waals surface area contributed by atoms with Gasteiger partial charge in [-0.15, -0.1) is 11.8 Å². The molecule has 0 aliphatic rings.